The molecule has 1 aliphatic rings. The highest BCUT2D eigenvalue weighted by molar-refractivity contribution is 6.30. The Labute approximate surface area is 129 Å². The van der Waals surface area contributed by atoms with Gasteiger partial charge in [0.1, 0.15) is 0 Å². The molecule has 1 aliphatic heterocycles. The first-order chi connectivity index (χ1) is 10.1. The van der Waals surface area contributed by atoms with Crippen molar-refractivity contribution < 1.29 is 4.79 Å². The minimum Gasteiger partial charge on any atom is -0.337 e. The van der Waals surface area contributed by atoms with Crippen molar-refractivity contribution in [2.24, 2.45) is 5.73 Å². The smallest absolute Gasteiger partial charge is 0.253 e. The van der Waals surface area contributed by atoms with Crippen LogP contribution < -0.4 is 5.73 Å². The van der Waals surface area contributed by atoms with Gasteiger partial charge in [-0.2, -0.15) is 0 Å². The van der Waals surface area contributed by atoms with Gasteiger partial charge in [0.15, 0.2) is 0 Å². The lowest BCUT2D eigenvalue weighted by atomic mass is 10.0. The number of hydrogen-bond donors (Lipinski definition) is 1. The van der Waals surface area contributed by atoms with E-state index in [4.69, 9.17) is 17.3 Å². The Hall–Kier alpha value is -1.84. The molecule has 0 saturated carbocycles. The Morgan fingerprint density at radius 3 is 2.14 bits per heavy atom. The Morgan fingerprint density at radius 1 is 1.05 bits per heavy atom. The predicted molar refractivity (Wildman–Crippen MR) is 85.4 cm³/mol. The summed E-state index contributed by atoms with van der Waals surface area (Å²) in [4.78, 5) is 14.2. The number of nitrogens with two attached hydrogens (primary N) is 1. The highest BCUT2D eigenvalue weighted by atomic mass is 35.5. The second-order valence-corrected chi connectivity index (χ2v) is 5.82. The van der Waals surface area contributed by atoms with Gasteiger partial charge in [0.25, 0.3) is 5.91 Å². The van der Waals surface area contributed by atoms with E-state index in [0.717, 1.165) is 29.1 Å². The van der Waals surface area contributed by atoms with E-state index in [1.165, 1.54) is 0 Å². The maximum atomic E-state index is 12.3. The molecule has 1 amide bonds. The molecule has 0 bridgehead atoms. The molecule has 0 spiro atoms. The zero-order chi connectivity index (χ0) is 14.8. The molecule has 1 saturated heterocycles. The molecule has 1 fully saturated rings. The van der Waals surface area contributed by atoms with Gasteiger partial charge in [0, 0.05) is 29.7 Å². The molecule has 108 valence electrons. The van der Waals surface area contributed by atoms with Crippen molar-refractivity contribution in [2.75, 3.05) is 13.1 Å². The molecule has 2 aromatic rings. The second kappa shape index (κ2) is 5.88. The van der Waals surface area contributed by atoms with Gasteiger partial charge in [-0.3, -0.25) is 4.79 Å². The van der Waals surface area contributed by atoms with Crippen LogP contribution in [0.2, 0.25) is 5.02 Å². The van der Waals surface area contributed by atoms with Crippen molar-refractivity contribution in [2.45, 2.75) is 12.5 Å². The lowest BCUT2D eigenvalue weighted by molar-refractivity contribution is 0.0791. The molecule has 3 nitrogen and oxygen atoms in total. The van der Waals surface area contributed by atoms with Crippen molar-refractivity contribution >= 4 is 17.5 Å². The van der Waals surface area contributed by atoms with Crippen molar-refractivity contribution in [1.29, 1.82) is 0 Å². The maximum Gasteiger partial charge on any atom is 0.253 e. The normalized spacial score (nSPS) is 18.0. The van der Waals surface area contributed by atoms with E-state index in [1.54, 1.807) is 0 Å². The van der Waals surface area contributed by atoms with E-state index in [9.17, 15) is 4.79 Å². The average molecular weight is 301 g/mol. The standard InChI is InChI=1S/C17H17ClN2O/c18-15-7-5-13(6-8-15)12-1-3-14(4-2-12)17(21)20-10-9-16(19)11-20/h1-8,16H,9-11,19H2/t16-/m0/s1. The minimum atomic E-state index is 0.0607. The zero-order valence-corrected chi connectivity index (χ0v) is 12.4. The first-order valence-electron chi connectivity index (χ1n) is 7.04. The van der Waals surface area contributed by atoms with E-state index in [1.807, 2.05) is 53.4 Å². The number of carbonyl (C=O) groups is 1. The van der Waals surface area contributed by atoms with E-state index < -0.39 is 0 Å². The van der Waals surface area contributed by atoms with Crippen LogP contribution in [0.1, 0.15) is 16.8 Å². The molecular formula is C17H17ClN2O. The molecule has 2 aromatic carbocycles. The lowest BCUT2D eigenvalue weighted by Crippen LogP contribution is -2.31. The van der Waals surface area contributed by atoms with Crippen LogP contribution in [0.5, 0.6) is 0 Å². The summed E-state index contributed by atoms with van der Waals surface area (Å²) in [5, 5.41) is 0.718. The second-order valence-electron chi connectivity index (χ2n) is 5.38. The quantitative estimate of drug-likeness (QED) is 0.926. The van der Waals surface area contributed by atoms with Crippen LogP contribution in [0, 0.1) is 0 Å². The lowest BCUT2D eigenvalue weighted by Gasteiger charge is -2.16. The molecule has 21 heavy (non-hydrogen) atoms. The number of halogens is 1. The van der Waals surface area contributed by atoms with Crippen LogP contribution >= 0.6 is 11.6 Å². The number of nitrogens with zero attached hydrogens (tertiary/aromatic N) is 1. The third kappa shape index (κ3) is 3.09. The summed E-state index contributed by atoms with van der Waals surface area (Å²) in [5.41, 5.74) is 8.71. The first-order valence-corrected chi connectivity index (χ1v) is 7.42. The molecule has 1 atom stereocenters. The summed E-state index contributed by atoms with van der Waals surface area (Å²) >= 11 is 5.89. The summed E-state index contributed by atoms with van der Waals surface area (Å²) < 4.78 is 0. The largest absolute Gasteiger partial charge is 0.337 e. The Bertz CT molecular complexity index is 637. The van der Waals surface area contributed by atoms with Gasteiger partial charge in [-0.15, -0.1) is 0 Å². The van der Waals surface area contributed by atoms with Gasteiger partial charge in [-0.05, 0) is 41.8 Å². The summed E-state index contributed by atoms with van der Waals surface area (Å²) in [6, 6.07) is 15.5. The third-order valence-electron chi connectivity index (χ3n) is 3.82. The number of hydrogen-bond acceptors (Lipinski definition) is 2. The summed E-state index contributed by atoms with van der Waals surface area (Å²) in [6.45, 7) is 1.40. The molecule has 0 aliphatic carbocycles. The molecule has 3 rings (SSSR count). The van der Waals surface area contributed by atoms with Crippen molar-refractivity contribution in [3.8, 4) is 11.1 Å². The van der Waals surface area contributed by atoms with Crippen LogP contribution in [0.25, 0.3) is 11.1 Å². The zero-order valence-electron chi connectivity index (χ0n) is 11.6. The highest BCUT2D eigenvalue weighted by Gasteiger charge is 2.24. The van der Waals surface area contributed by atoms with Crippen molar-refractivity contribution in [1.82, 2.24) is 4.90 Å². The Morgan fingerprint density at radius 2 is 1.62 bits per heavy atom. The van der Waals surface area contributed by atoms with Gasteiger partial charge in [-0.1, -0.05) is 35.9 Å². The van der Waals surface area contributed by atoms with Crippen LogP contribution in [0.3, 0.4) is 0 Å². The fourth-order valence-corrected chi connectivity index (χ4v) is 2.73. The van der Waals surface area contributed by atoms with Gasteiger partial charge < -0.3 is 10.6 Å². The number of carbonyl (C=O) groups excluding carboxylic acids is 1. The van der Waals surface area contributed by atoms with Crippen molar-refractivity contribution in [3.05, 3.63) is 59.1 Å². The third-order valence-corrected chi connectivity index (χ3v) is 4.07. The maximum absolute atomic E-state index is 12.3. The van der Waals surface area contributed by atoms with Crippen LogP contribution in [-0.4, -0.2) is 29.9 Å². The predicted octanol–water partition coefficient (Wildman–Crippen LogP) is 3.18. The molecule has 0 radical (unpaired) electrons. The number of rotatable bonds is 2. The summed E-state index contributed by atoms with van der Waals surface area (Å²) in [5.74, 6) is 0.0607. The van der Waals surface area contributed by atoms with E-state index in [0.29, 0.717) is 12.1 Å². The molecule has 0 unspecified atom stereocenters. The van der Waals surface area contributed by atoms with Crippen molar-refractivity contribution in [3.63, 3.8) is 0 Å². The number of likely N-dealkylation sites (tertiary alicyclic amines) is 1. The Kier molecular flexibility index (Phi) is 3.95. The van der Waals surface area contributed by atoms with Gasteiger partial charge in [0.2, 0.25) is 0 Å². The van der Waals surface area contributed by atoms with Crippen LogP contribution in [0.15, 0.2) is 48.5 Å². The van der Waals surface area contributed by atoms with E-state index in [-0.39, 0.29) is 11.9 Å². The van der Waals surface area contributed by atoms with Crippen LogP contribution in [0.4, 0.5) is 0 Å². The minimum absolute atomic E-state index is 0.0607. The molecule has 0 aromatic heterocycles. The first kappa shape index (κ1) is 14.1. The average Bonchev–Trinajstić information content (AvgIpc) is 2.94. The van der Waals surface area contributed by atoms with Gasteiger partial charge in [-0.25, -0.2) is 0 Å². The molecule has 4 heteroatoms. The summed E-state index contributed by atoms with van der Waals surface area (Å²) in [7, 11) is 0. The number of benzene rings is 2. The molecule has 1 heterocycles. The number of amides is 1. The van der Waals surface area contributed by atoms with Gasteiger partial charge in [0.05, 0.1) is 0 Å². The fraction of sp³-hybridized carbons (Fsp3) is 0.235. The molecule has 2 N–H and O–H groups in total. The SMILES string of the molecule is N[C@H]1CCN(C(=O)c2ccc(-c3ccc(Cl)cc3)cc2)C1. The van der Waals surface area contributed by atoms with E-state index in [2.05, 4.69) is 0 Å². The summed E-state index contributed by atoms with van der Waals surface area (Å²) in [6.07, 6.45) is 0.884. The topological polar surface area (TPSA) is 46.3 Å². The van der Waals surface area contributed by atoms with E-state index >= 15 is 0 Å². The Balaban J connectivity index is 1.77. The van der Waals surface area contributed by atoms with Crippen LogP contribution in [-0.2, 0) is 0 Å². The monoisotopic (exact) mass is 300 g/mol. The highest BCUT2D eigenvalue weighted by Crippen LogP contribution is 2.22. The fourth-order valence-electron chi connectivity index (χ4n) is 2.60. The van der Waals surface area contributed by atoms with Gasteiger partial charge >= 0.3 is 0 Å². The molecular weight excluding hydrogens is 284 g/mol.